The second kappa shape index (κ2) is 9.14. The van der Waals surface area contributed by atoms with Gasteiger partial charge in [0, 0.05) is 42.9 Å². The molecule has 1 aromatic carbocycles. The van der Waals surface area contributed by atoms with Gasteiger partial charge in [-0.3, -0.25) is 14.5 Å². The highest BCUT2D eigenvalue weighted by atomic mass is 32.2. The third kappa shape index (κ3) is 4.32. The van der Waals surface area contributed by atoms with E-state index in [0.717, 1.165) is 37.3 Å². The maximum absolute atomic E-state index is 13.4. The van der Waals surface area contributed by atoms with Crippen molar-refractivity contribution in [2.45, 2.75) is 76.6 Å². The molecule has 0 atom stereocenters. The number of Topliss-reactive ketones (excluding diaryl/α,β-unsaturated/α-hetero) is 1. The number of aryl methyl sites for hydroxylation is 1. The van der Waals surface area contributed by atoms with Crippen LogP contribution in [0, 0.1) is 12.3 Å². The van der Waals surface area contributed by atoms with Crippen LogP contribution >= 0.6 is 0 Å². The molecule has 7 nitrogen and oxygen atoms in total. The molecule has 0 unspecified atom stereocenters. The summed E-state index contributed by atoms with van der Waals surface area (Å²) in [5.41, 5.74) is 2.51. The average molecular weight is 514 g/mol. The predicted molar refractivity (Wildman–Crippen MR) is 141 cm³/mol. The normalized spacial score (nSPS) is 18.5. The fraction of sp³-hybridized carbons (Fsp3) is 0.571. The van der Waals surface area contributed by atoms with Gasteiger partial charge in [0.1, 0.15) is 0 Å². The Bertz CT molecular complexity index is 1290. The molecule has 3 heterocycles. The number of carbonyl (C=O) groups is 2. The van der Waals surface area contributed by atoms with Crippen molar-refractivity contribution >= 4 is 21.5 Å². The lowest BCUT2D eigenvalue weighted by Crippen LogP contribution is -2.56. The number of piperidine rings is 1. The Morgan fingerprint density at radius 1 is 0.972 bits per heavy atom. The molecule has 2 aliphatic rings. The van der Waals surface area contributed by atoms with E-state index in [9.17, 15) is 18.0 Å². The molecule has 1 spiro atoms. The number of carbonyl (C=O) groups excluding carboxylic acids is 2. The van der Waals surface area contributed by atoms with Gasteiger partial charge in [0.05, 0.1) is 21.4 Å². The lowest BCUT2D eigenvalue weighted by molar-refractivity contribution is 0.0126. The van der Waals surface area contributed by atoms with Crippen LogP contribution in [0.3, 0.4) is 0 Å². The zero-order valence-electron chi connectivity index (χ0n) is 22.6. The Labute approximate surface area is 215 Å². The number of hydrogen-bond donors (Lipinski definition) is 0. The minimum absolute atomic E-state index is 0.0618. The molecule has 0 aliphatic carbocycles. The highest BCUT2D eigenvalue weighted by molar-refractivity contribution is 7.92. The first kappa shape index (κ1) is 26.6. The molecule has 196 valence electrons. The van der Waals surface area contributed by atoms with E-state index in [1.165, 1.54) is 0 Å². The summed E-state index contributed by atoms with van der Waals surface area (Å²) in [6.45, 7) is 13.8. The predicted octanol–water partition coefficient (Wildman–Crippen LogP) is 4.28. The van der Waals surface area contributed by atoms with Crippen LogP contribution in [0.2, 0.25) is 0 Å². The summed E-state index contributed by atoms with van der Waals surface area (Å²) in [7, 11) is -1.25. The van der Waals surface area contributed by atoms with Crippen molar-refractivity contribution in [3.05, 3.63) is 52.8 Å². The molecule has 0 saturated carbocycles. The fourth-order valence-corrected chi connectivity index (χ4v) is 6.71. The molecule has 36 heavy (non-hydrogen) atoms. The van der Waals surface area contributed by atoms with Gasteiger partial charge < -0.3 is 9.47 Å². The average Bonchev–Trinajstić information content (AvgIpc) is 3.25. The van der Waals surface area contributed by atoms with E-state index in [2.05, 4.69) is 22.6 Å². The van der Waals surface area contributed by atoms with Crippen LogP contribution in [0.5, 0.6) is 0 Å². The Hall–Kier alpha value is -2.45. The number of ketones is 1. The van der Waals surface area contributed by atoms with Gasteiger partial charge in [-0.25, -0.2) is 8.42 Å². The van der Waals surface area contributed by atoms with E-state index in [4.69, 9.17) is 0 Å². The number of benzene rings is 1. The number of sulfone groups is 1. The third-order valence-corrected chi connectivity index (χ3v) is 10.2. The Morgan fingerprint density at radius 3 is 2.17 bits per heavy atom. The van der Waals surface area contributed by atoms with E-state index in [0.29, 0.717) is 24.2 Å². The van der Waals surface area contributed by atoms with Gasteiger partial charge >= 0.3 is 0 Å². The van der Waals surface area contributed by atoms with E-state index < -0.39 is 20.5 Å². The summed E-state index contributed by atoms with van der Waals surface area (Å²) in [6, 6.07) is 8.89. The third-order valence-electron chi connectivity index (χ3n) is 8.02. The van der Waals surface area contributed by atoms with Crippen molar-refractivity contribution in [1.29, 1.82) is 0 Å². The number of rotatable bonds is 4. The first-order chi connectivity index (χ1) is 16.7. The minimum Gasteiger partial charge on any atom is -0.339 e. The molecule has 2 aromatic rings. The molecule has 1 saturated heterocycles. The zero-order chi connectivity index (χ0) is 26.6. The summed E-state index contributed by atoms with van der Waals surface area (Å²) in [5, 5.41) is -0.512. The summed E-state index contributed by atoms with van der Waals surface area (Å²) >= 11 is 0. The van der Waals surface area contributed by atoms with Gasteiger partial charge in [0.2, 0.25) is 0 Å². The molecule has 0 radical (unpaired) electrons. The maximum atomic E-state index is 13.4. The Kier molecular flexibility index (Phi) is 6.75. The lowest BCUT2D eigenvalue weighted by Gasteiger charge is -2.50. The Balaban J connectivity index is 1.56. The van der Waals surface area contributed by atoms with Crippen molar-refractivity contribution in [3.63, 3.8) is 0 Å². The van der Waals surface area contributed by atoms with Crippen molar-refractivity contribution in [2.75, 3.05) is 26.7 Å². The van der Waals surface area contributed by atoms with Gasteiger partial charge in [-0.1, -0.05) is 20.8 Å². The Morgan fingerprint density at radius 2 is 1.61 bits per heavy atom. The van der Waals surface area contributed by atoms with Crippen LogP contribution in [-0.4, -0.2) is 66.4 Å². The molecule has 1 fully saturated rings. The molecule has 0 bridgehead atoms. The van der Waals surface area contributed by atoms with Gasteiger partial charge in [-0.05, 0) is 76.6 Å². The van der Waals surface area contributed by atoms with Crippen molar-refractivity contribution in [3.8, 4) is 0 Å². The van der Waals surface area contributed by atoms with Crippen LogP contribution < -0.4 is 0 Å². The number of likely N-dealkylation sites (tertiary alicyclic amines) is 1. The number of aromatic nitrogens is 1. The van der Waals surface area contributed by atoms with Gasteiger partial charge in [-0.2, -0.15) is 0 Å². The number of hydrogen-bond acceptors (Lipinski definition) is 5. The van der Waals surface area contributed by atoms with Gasteiger partial charge in [0.15, 0.2) is 15.6 Å². The summed E-state index contributed by atoms with van der Waals surface area (Å²) < 4.78 is 27.3. The molecule has 0 N–H and O–H groups in total. The first-order valence-corrected chi connectivity index (χ1v) is 14.3. The zero-order valence-corrected chi connectivity index (χ0v) is 23.4. The quantitative estimate of drug-likeness (QED) is 0.570. The highest BCUT2D eigenvalue weighted by Crippen LogP contribution is 2.42. The minimum atomic E-state index is -3.39. The smallest absolute Gasteiger partial charge is 0.254 e. The van der Waals surface area contributed by atoms with Crippen LogP contribution in [0.15, 0.2) is 35.2 Å². The second-order valence-electron chi connectivity index (χ2n) is 11.7. The van der Waals surface area contributed by atoms with Crippen molar-refractivity contribution in [2.24, 2.45) is 5.41 Å². The summed E-state index contributed by atoms with van der Waals surface area (Å²) in [6.07, 6.45) is 1.56. The topological polar surface area (TPSA) is 79.7 Å². The van der Waals surface area contributed by atoms with Crippen molar-refractivity contribution < 1.29 is 18.0 Å². The monoisotopic (exact) mass is 513 g/mol. The number of amides is 1. The van der Waals surface area contributed by atoms with Crippen LogP contribution in [0.1, 0.15) is 79.6 Å². The maximum Gasteiger partial charge on any atom is 0.254 e. The SMILES string of the molecule is Cc1cc(S(=O)(=O)C(C)C)ccc1C(=O)N1CCC2(CC1)c1ccc(C(=O)C(C)(C)C)n1CCN2C. The molecule has 1 amide bonds. The van der Waals surface area contributed by atoms with Crippen molar-refractivity contribution in [1.82, 2.24) is 14.4 Å². The van der Waals surface area contributed by atoms with Crippen LogP contribution in [-0.2, 0) is 21.9 Å². The molecular weight excluding hydrogens is 474 g/mol. The molecular formula is C28H39N3O4S. The molecule has 4 rings (SSSR count). The van der Waals surface area contributed by atoms with E-state index in [1.54, 1.807) is 39.0 Å². The largest absolute Gasteiger partial charge is 0.339 e. The van der Waals surface area contributed by atoms with Gasteiger partial charge in [0.25, 0.3) is 5.91 Å². The lowest BCUT2D eigenvalue weighted by atomic mass is 9.81. The molecule has 2 aliphatic heterocycles. The molecule has 8 heteroatoms. The highest BCUT2D eigenvalue weighted by Gasteiger charge is 2.45. The molecule has 1 aromatic heterocycles. The number of likely N-dealkylation sites (N-methyl/N-ethyl adjacent to an activating group) is 1. The summed E-state index contributed by atoms with van der Waals surface area (Å²) in [4.78, 5) is 31.0. The van der Waals surface area contributed by atoms with Crippen LogP contribution in [0.25, 0.3) is 0 Å². The van der Waals surface area contributed by atoms with E-state index in [-0.39, 0.29) is 22.1 Å². The first-order valence-electron chi connectivity index (χ1n) is 12.8. The number of nitrogens with zero attached hydrogens (tertiary/aromatic N) is 3. The van der Waals surface area contributed by atoms with E-state index in [1.807, 2.05) is 31.7 Å². The summed E-state index contributed by atoms with van der Waals surface area (Å²) in [5.74, 6) is 0.0905. The standard InChI is InChI=1S/C28H39N3O4S/c1-19(2)36(34,35)21-8-9-22(20(3)18-21)26(33)30-14-12-28(13-15-30)24-11-10-23(25(32)27(4,5)6)31(24)17-16-29(28)7/h8-11,18-19H,12-17H2,1-7H3. The number of fused-ring (bicyclic) bond motifs is 2. The fourth-order valence-electron chi connectivity index (χ4n) is 5.57. The van der Waals surface area contributed by atoms with Crippen LogP contribution in [0.4, 0.5) is 0 Å². The second-order valence-corrected chi connectivity index (χ2v) is 14.2. The van der Waals surface area contributed by atoms with E-state index >= 15 is 0 Å². The van der Waals surface area contributed by atoms with Gasteiger partial charge in [-0.15, -0.1) is 0 Å².